The van der Waals surface area contributed by atoms with Crippen LogP contribution in [0.15, 0.2) is 22.8 Å². The Morgan fingerprint density at radius 2 is 2.33 bits per heavy atom. The molecule has 0 aliphatic carbocycles. The quantitative estimate of drug-likeness (QED) is 0.755. The molecule has 18 heavy (non-hydrogen) atoms. The van der Waals surface area contributed by atoms with Gasteiger partial charge in [0.05, 0.1) is 19.8 Å². The van der Waals surface area contributed by atoms with Crippen LogP contribution in [0.1, 0.15) is 6.42 Å². The number of pyridine rings is 1. The molecule has 0 spiro atoms. The number of hydrogen-bond donors (Lipinski definition) is 0. The fourth-order valence-electron chi connectivity index (χ4n) is 2.12. The average molecular weight is 315 g/mol. The maximum Gasteiger partial charge on any atom is 0.128 e. The Hall–Kier alpha value is -0.650. The molecule has 4 nitrogen and oxygen atoms in total. The first kappa shape index (κ1) is 13.8. The molecule has 0 saturated carbocycles. The highest BCUT2D eigenvalue weighted by Gasteiger charge is 2.23. The lowest BCUT2D eigenvalue weighted by molar-refractivity contribution is 0.0549. The Morgan fingerprint density at radius 1 is 1.44 bits per heavy atom. The van der Waals surface area contributed by atoms with Gasteiger partial charge in [-0.2, -0.15) is 0 Å². The molecule has 1 unspecified atom stereocenters. The number of anilines is 1. The van der Waals surface area contributed by atoms with E-state index in [1.54, 1.807) is 7.11 Å². The molecule has 0 radical (unpaired) electrons. The largest absolute Gasteiger partial charge is 0.382 e. The lowest BCUT2D eigenvalue weighted by Gasteiger charge is -2.17. The van der Waals surface area contributed by atoms with Gasteiger partial charge < -0.3 is 14.4 Å². The monoisotopic (exact) mass is 314 g/mol. The van der Waals surface area contributed by atoms with Crippen molar-refractivity contribution < 1.29 is 9.47 Å². The molecule has 1 atom stereocenters. The zero-order valence-electron chi connectivity index (χ0n) is 10.6. The highest BCUT2D eigenvalue weighted by molar-refractivity contribution is 9.10. The number of methoxy groups -OCH3 is 1. The van der Waals surface area contributed by atoms with Crippen molar-refractivity contribution in [1.29, 1.82) is 0 Å². The van der Waals surface area contributed by atoms with Gasteiger partial charge in [0.1, 0.15) is 5.82 Å². The lowest BCUT2D eigenvalue weighted by atomic mass is 10.1. The molecule has 1 fully saturated rings. The van der Waals surface area contributed by atoms with Gasteiger partial charge in [-0.05, 0) is 34.5 Å². The maximum absolute atomic E-state index is 5.58. The summed E-state index contributed by atoms with van der Waals surface area (Å²) in [5, 5.41) is 0. The van der Waals surface area contributed by atoms with Gasteiger partial charge in [-0.1, -0.05) is 0 Å². The summed E-state index contributed by atoms with van der Waals surface area (Å²) in [4.78, 5) is 6.74. The van der Waals surface area contributed by atoms with Crippen LogP contribution in [0.5, 0.6) is 0 Å². The van der Waals surface area contributed by atoms with Gasteiger partial charge in [0.15, 0.2) is 0 Å². The molecular formula is C13H19BrN2O2. The molecular weight excluding hydrogens is 296 g/mol. The van der Waals surface area contributed by atoms with Gasteiger partial charge in [-0.3, -0.25) is 0 Å². The van der Waals surface area contributed by atoms with Gasteiger partial charge >= 0.3 is 0 Å². The van der Waals surface area contributed by atoms with E-state index in [-0.39, 0.29) is 0 Å². The van der Waals surface area contributed by atoms with E-state index in [0.29, 0.717) is 19.1 Å². The predicted octanol–water partition coefficient (Wildman–Crippen LogP) is 2.33. The Labute approximate surface area is 116 Å². The summed E-state index contributed by atoms with van der Waals surface area (Å²) in [6, 6.07) is 4.09. The molecule has 0 bridgehead atoms. The van der Waals surface area contributed by atoms with Gasteiger partial charge in [0.2, 0.25) is 0 Å². The van der Waals surface area contributed by atoms with Gasteiger partial charge in [0.25, 0.3) is 0 Å². The van der Waals surface area contributed by atoms with Crippen LogP contribution in [0.3, 0.4) is 0 Å². The molecule has 0 amide bonds. The van der Waals surface area contributed by atoms with Crippen molar-refractivity contribution in [2.75, 3.05) is 44.9 Å². The first-order valence-corrected chi connectivity index (χ1v) is 7.02. The number of halogens is 1. The second-order valence-corrected chi connectivity index (χ2v) is 5.42. The molecule has 1 aliphatic heterocycles. The predicted molar refractivity (Wildman–Crippen MR) is 75.0 cm³/mol. The average Bonchev–Trinajstić information content (AvgIpc) is 2.84. The Balaban J connectivity index is 1.76. The van der Waals surface area contributed by atoms with E-state index >= 15 is 0 Å². The number of rotatable bonds is 6. The molecule has 2 heterocycles. The van der Waals surface area contributed by atoms with Gasteiger partial charge in [0, 0.05) is 36.8 Å². The SMILES string of the molecule is COCCOCC1CCN(c2ccc(Br)cn2)C1. The topological polar surface area (TPSA) is 34.6 Å². The molecule has 0 aromatic carbocycles. The van der Waals surface area contributed by atoms with E-state index < -0.39 is 0 Å². The standard InChI is InChI=1S/C13H19BrN2O2/c1-17-6-7-18-10-11-4-5-16(9-11)13-3-2-12(14)8-15-13/h2-3,8,11H,4-7,9-10H2,1H3. The van der Waals surface area contributed by atoms with Crippen LogP contribution >= 0.6 is 15.9 Å². The van der Waals surface area contributed by atoms with Crippen molar-refractivity contribution in [2.24, 2.45) is 5.92 Å². The summed E-state index contributed by atoms with van der Waals surface area (Å²) < 4.78 is 11.6. The molecule has 2 rings (SSSR count). The van der Waals surface area contributed by atoms with Crippen LogP contribution in [0.4, 0.5) is 5.82 Å². The van der Waals surface area contributed by atoms with Crippen LogP contribution in [0.25, 0.3) is 0 Å². The second-order valence-electron chi connectivity index (χ2n) is 4.50. The molecule has 0 N–H and O–H groups in total. The molecule has 100 valence electrons. The third-order valence-corrected chi connectivity index (χ3v) is 3.58. The minimum Gasteiger partial charge on any atom is -0.382 e. The van der Waals surface area contributed by atoms with Gasteiger partial charge in [-0.25, -0.2) is 4.98 Å². The molecule has 5 heteroatoms. The Kier molecular flexibility index (Phi) is 5.41. The summed E-state index contributed by atoms with van der Waals surface area (Å²) in [5.41, 5.74) is 0. The first-order chi connectivity index (χ1) is 8.79. The minimum absolute atomic E-state index is 0.604. The van der Waals surface area contributed by atoms with Crippen molar-refractivity contribution in [3.8, 4) is 0 Å². The summed E-state index contributed by atoms with van der Waals surface area (Å²) in [6.45, 7) is 4.26. The zero-order valence-corrected chi connectivity index (χ0v) is 12.2. The normalized spacial score (nSPS) is 19.4. The minimum atomic E-state index is 0.604. The highest BCUT2D eigenvalue weighted by atomic mass is 79.9. The van der Waals surface area contributed by atoms with Crippen LogP contribution in [-0.2, 0) is 9.47 Å². The third-order valence-electron chi connectivity index (χ3n) is 3.11. The maximum atomic E-state index is 5.58. The first-order valence-electron chi connectivity index (χ1n) is 6.23. The number of hydrogen-bond acceptors (Lipinski definition) is 4. The van der Waals surface area contributed by atoms with Crippen molar-refractivity contribution in [2.45, 2.75) is 6.42 Å². The summed E-state index contributed by atoms with van der Waals surface area (Å²) in [7, 11) is 1.69. The number of nitrogens with zero attached hydrogens (tertiary/aromatic N) is 2. The molecule has 1 aromatic heterocycles. The summed E-state index contributed by atoms with van der Waals surface area (Å²) in [6.07, 6.45) is 3.02. The zero-order chi connectivity index (χ0) is 12.8. The van der Waals surface area contributed by atoms with E-state index in [0.717, 1.165) is 30.0 Å². The van der Waals surface area contributed by atoms with E-state index in [1.165, 1.54) is 6.42 Å². The van der Waals surface area contributed by atoms with Crippen molar-refractivity contribution in [1.82, 2.24) is 4.98 Å². The van der Waals surface area contributed by atoms with Crippen molar-refractivity contribution in [3.05, 3.63) is 22.8 Å². The fourth-order valence-corrected chi connectivity index (χ4v) is 2.36. The van der Waals surface area contributed by atoms with E-state index in [2.05, 4.69) is 31.9 Å². The van der Waals surface area contributed by atoms with Crippen LogP contribution in [0, 0.1) is 5.92 Å². The van der Waals surface area contributed by atoms with E-state index in [9.17, 15) is 0 Å². The summed E-state index contributed by atoms with van der Waals surface area (Å²) >= 11 is 3.40. The number of aromatic nitrogens is 1. The Morgan fingerprint density at radius 3 is 3.06 bits per heavy atom. The van der Waals surface area contributed by atoms with Crippen LogP contribution in [0.2, 0.25) is 0 Å². The lowest BCUT2D eigenvalue weighted by Crippen LogP contribution is -2.22. The molecule has 1 aromatic rings. The van der Waals surface area contributed by atoms with Gasteiger partial charge in [-0.15, -0.1) is 0 Å². The van der Waals surface area contributed by atoms with Crippen molar-refractivity contribution in [3.63, 3.8) is 0 Å². The number of ether oxygens (including phenoxy) is 2. The van der Waals surface area contributed by atoms with E-state index in [1.807, 2.05) is 12.3 Å². The van der Waals surface area contributed by atoms with E-state index in [4.69, 9.17) is 9.47 Å². The molecule has 1 aliphatic rings. The second kappa shape index (κ2) is 7.07. The fraction of sp³-hybridized carbons (Fsp3) is 0.615. The highest BCUT2D eigenvalue weighted by Crippen LogP contribution is 2.23. The van der Waals surface area contributed by atoms with Crippen LogP contribution < -0.4 is 4.90 Å². The molecule has 1 saturated heterocycles. The smallest absolute Gasteiger partial charge is 0.128 e. The third kappa shape index (κ3) is 3.93. The Bertz CT molecular complexity index is 359. The summed E-state index contributed by atoms with van der Waals surface area (Å²) in [5.74, 6) is 1.66. The van der Waals surface area contributed by atoms with Crippen LogP contribution in [-0.4, -0.2) is 45.0 Å². The van der Waals surface area contributed by atoms with Crippen molar-refractivity contribution >= 4 is 21.7 Å².